The molecule has 7 nitrogen and oxygen atoms in total. The zero-order valence-corrected chi connectivity index (χ0v) is 23.2. The number of hydrogen-bond donors (Lipinski definition) is 1. The fourth-order valence-corrected chi connectivity index (χ4v) is 6.43. The van der Waals surface area contributed by atoms with Gasteiger partial charge in [-0.3, -0.25) is 8.51 Å². The molecule has 0 spiro atoms. The first-order valence-electron chi connectivity index (χ1n) is 12.2. The molecule has 3 atom stereocenters. The minimum absolute atomic E-state index is 0.00471. The van der Waals surface area contributed by atoms with Crippen LogP contribution in [0.5, 0.6) is 5.75 Å². The number of fused-ring (bicyclic) bond motifs is 1. The lowest BCUT2D eigenvalue weighted by Crippen LogP contribution is -2.43. The van der Waals surface area contributed by atoms with Crippen LogP contribution in [-0.2, 0) is 28.8 Å². The molecule has 1 heterocycles. The van der Waals surface area contributed by atoms with Crippen molar-refractivity contribution in [1.29, 1.82) is 0 Å². The number of alkyl carbamates (subject to hydrolysis) is 1. The summed E-state index contributed by atoms with van der Waals surface area (Å²) in [5.74, 6) is 0.653. The topological polar surface area (TPSA) is 90.9 Å². The van der Waals surface area contributed by atoms with Gasteiger partial charge in [-0.15, -0.1) is 11.3 Å². The standard InChI is InChI=1S/C27H31ClN2O5S2/c1-3-34-27(31)29-25-11-9-20-8-10-22(17-23(20)24(25)16-19-5-4-6-21(28)15-19)35-14-13-30(37(32)33)26-12-7-18(2)36-26/h4-8,10,12,15,17,24-25H,3,9,11,13-14,16H2,1-2H3,(H,29,31)(H,32,33)/p-1. The number of nitrogens with one attached hydrogen (secondary N) is 1. The van der Waals surface area contributed by atoms with Crippen LogP contribution in [0.25, 0.3) is 0 Å². The summed E-state index contributed by atoms with van der Waals surface area (Å²) in [6.07, 6.45) is 1.88. The van der Waals surface area contributed by atoms with Gasteiger partial charge in [-0.25, -0.2) is 4.79 Å². The summed E-state index contributed by atoms with van der Waals surface area (Å²) in [5, 5.41) is 4.38. The van der Waals surface area contributed by atoms with Gasteiger partial charge in [0.2, 0.25) is 0 Å². The molecule has 0 radical (unpaired) electrons. The maximum Gasteiger partial charge on any atom is 0.407 e. The van der Waals surface area contributed by atoms with E-state index in [1.165, 1.54) is 21.2 Å². The molecular formula is C27H30ClN2O5S2-. The minimum Gasteiger partial charge on any atom is -0.755 e. The van der Waals surface area contributed by atoms with Gasteiger partial charge in [0.05, 0.1) is 13.2 Å². The molecular weight excluding hydrogens is 532 g/mol. The van der Waals surface area contributed by atoms with Gasteiger partial charge in [0, 0.05) is 33.1 Å². The van der Waals surface area contributed by atoms with Crippen molar-refractivity contribution in [1.82, 2.24) is 5.32 Å². The number of amides is 1. The second-order valence-corrected chi connectivity index (χ2v) is 11.4. The second kappa shape index (κ2) is 12.8. The van der Waals surface area contributed by atoms with Crippen LogP contribution in [0.1, 0.15) is 40.8 Å². The largest absolute Gasteiger partial charge is 0.755 e. The van der Waals surface area contributed by atoms with Gasteiger partial charge in [0.1, 0.15) is 17.4 Å². The van der Waals surface area contributed by atoms with Gasteiger partial charge >= 0.3 is 6.09 Å². The van der Waals surface area contributed by atoms with Gasteiger partial charge in [-0.2, -0.15) is 0 Å². The molecule has 198 valence electrons. The third-order valence-corrected chi connectivity index (χ3v) is 8.48. The summed E-state index contributed by atoms with van der Waals surface area (Å²) < 4.78 is 36.0. The predicted octanol–water partition coefficient (Wildman–Crippen LogP) is 5.78. The van der Waals surface area contributed by atoms with Crippen LogP contribution in [-0.4, -0.2) is 40.7 Å². The molecule has 1 aromatic heterocycles. The Morgan fingerprint density at radius 2 is 2.08 bits per heavy atom. The summed E-state index contributed by atoms with van der Waals surface area (Å²) >= 11 is 5.27. The van der Waals surface area contributed by atoms with E-state index in [0.717, 1.165) is 28.8 Å². The third kappa shape index (κ3) is 7.25. The van der Waals surface area contributed by atoms with Crippen LogP contribution in [0, 0.1) is 6.92 Å². The Hall–Kier alpha value is -2.59. The molecule has 1 amide bonds. The maximum atomic E-state index is 12.3. The van der Waals surface area contributed by atoms with Crippen molar-refractivity contribution >= 4 is 45.3 Å². The highest BCUT2D eigenvalue weighted by Crippen LogP contribution is 2.37. The zero-order chi connectivity index (χ0) is 26.4. The summed E-state index contributed by atoms with van der Waals surface area (Å²) in [6, 6.07) is 17.3. The Balaban J connectivity index is 1.53. The molecule has 0 aliphatic heterocycles. The van der Waals surface area contributed by atoms with E-state index in [2.05, 4.69) is 11.4 Å². The lowest BCUT2D eigenvalue weighted by molar-refractivity contribution is 0.144. The summed E-state index contributed by atoms with van der Waals surface area (Å²) in [5.41, 5.74) is 3.38. The normalized spacial score (nSPS) is 17.5. The van der Waals surface area contributed by atoms with Gasteiger partial charge < -0.3 is 19.3 Å². The van der Waals surface area contributed by atoms with Crippen LogP contribution in [0.4, 0.5) is 9.80 Å². The minimum atomic E-state index is -2.39. The van der Waals surface area contributed by atoms with Crippen molar-refractivity contribution in [2.45, 2.75) is 45.1 Å². The molecule has 37 heavy (non-hydrogen) atoms. The zero-order valence-electron chi connectivity index (χ0n) is 20.8. The third-order valence-electron chi connectivity index (χ3n) is 6.37. The summed E-state index contributed by atoms with van der Waals surface area (Å²) in [6.45, 7) is 4.43. The molecule has 1 aliphatic carbocycles. The number of anilines is 1. The highest BCUT2D eigenvalue weighted by atomic mass is 35.5. The first kappa shape index (κ1) is 27.4. The monoisotopic (exact) mass is 561 g/mol. The number of rotatable bonds is 10. The number of thiophene rings is 1. The average Bonchev–Trinajstić information content (AvgIpc) is 3.29. The Labute approximate surface area is 229 Å². The molecule has 0 saturated carbocycles. The quantitative estimate of drug-likeness (QED) is 0.317. The van der Waals surface area contributed by atoms with E-state index in [9.17, 15) is 13.6 Å². The number of hydrogen-bond acceptors (Lipinski definition) is 6. The first-order chi connectivity index (χ1) is 17.8. The van der Waals surface area contributed by atoms with Crippen LogP contribution >= 0.6 is 22.9 Å². The van der Waals surface area contributed by atoms with Crippen molar-refractivity contribution in [3.8, 4) is 5.75 Å². The van der Waals surface area contributed by atoms with E-state index in [1.54, 1.807) is 13.0 Å². The first-order valence-corrected chi connectivity index (χ1v) is 14.4. The van der Waals surface area contributed by atoms with Crippen molar-refractivity contribution in [3.05, 3.63) is 81.2 Å². The van der Waals surface area contributed by atoms with Gasteiger partial charge in [0.25, 0.3) is 0 Å². The summed E-state index contributed by atoms with van der Waals surface area (Å²) in [7, 11) is 0. The smallest absolute Gasteiger partial charge is 0.407 e. The van der Waals surface area contributed by atoms with E-state index in [4.69, 9.17) is 21.1 Å². The van der Waals surface area contributed by atoms with Crippen molar-refractivity contribution < 1.29 is 23.0 Å². The number of halogens is 1. The SMILES string of the molecule is CCOC(=O)NC1CCc2ccc(OCCN(c3ccc(C)s3)S(=O)[O-])cc2C1Cc1cccc(Cl)c1. The highest BCUT2D eigenvalue weighted by molar-refractivity contribution is 7.80. The summed E-state index contributed by atoms with van der Waals surface area (Å²) in [4.78, 5) is 13.3. The number of carbonyl (C=O) groups is 1. The molecule has 1 aliphatic rings. The second-order valence-electron chi connectivity index (χ2n) is 8.86. The Bertz CT molecular complexity index is 1250. The van der Waals surface area contributed by atoms with E-state index in [-0.39, 0.29) is 25.1 Å². The van der Waals surface area contributed by atoms with Gasteiger partial charge in [-0.05, 0) is 86.2 Å². The Morgan fingerprint density at radius 1 is 1.24 bits per heavy atom. The lowest BCUT2D eigenvalue weighted by atomic mass is 9.76. The van der Waals surface area contributed by atoms with Gasteiger partial charge in [-0.1, -0.05) is 29.8 Å². The fraction of sp³-hybridized carbons (Fsp3) is 0.370. The van der Waals surface area contributed by atoms with Crippen LogP contribution < -0.4 is 14.4 Å². The van der Waals surface area contributed by atoms with Crippen LogP contribution in [0.15, 0.2) is 54.6 Å². The van der Waals surface area contributed by atoms with Crippen LogP contribution in [0.2, 0.25) is 5.02 Å². The molecule has 0 fully saturated rings. The van der Waals surface area contributed by atoms with Crippen LogP contribution in [0.3, 0.4) is 0 Å². The van der Waals surface area contributed by atoms with E-state index < -0.39 is 17.4 Å². The predicted molar refractivity (Wildman–Crippen MR) is 147 cm³/mol. The molecule has 10 heteroatoms. The average molecular weight is 562 g/mol. The molecule has 0 bridgehead atoms. The van der Waals surface area contributed by atoms with Crippen molar-refractivity contribution in [2.75, 3.05) is 24.1 Å². The van der Waals surface area contributed by atoms with Crippen molar-refractivity contribution in [2.24, 2.45) is 0 Å². The highest BCUT2D eigenvalue weighted by Gasteiger charge is 2.31. The molecule has 0 saturated heterocycles. The van der Waals surface area contributed by atoms with Gasteiger partial charge in [0.15, 0.2) is 0 Å². The number of benzene rings is 2. The Morgan fingerprint density at radius 3 is 2.78 bits per heavy atom. The number of nitrogens with zero attached hydrogens (tertiary/aromatic N) is 1. The number of ether oxygens (including phenoxy) is 2. The molecule has 1 N–H and O–H groups in total. The lowest BCUT2D eigenvalue weighted by Gasteiger charge is -2.34. The fourth-order valence-electron chi connectivity index (χ4n) is 4.69. The Kier molecular flexibility index (Phi) is 9.48. The number of carbonyl (C=O) groups excluding carboxylic acids is 1. The maximum absolute atomic E-state index is 12.3. The van der Waals surface area contributed by atoms with E-state index in [1.807, 2.05) is 49.4 Å². The van der Waals surface area contributed by atoms with Crippen molar-refractivity contribution in [3.63, 3.8) is 0 Å². The molecule has 3 aromatic rings. The molecule has 2 aromatic carbocycles. The molecule has 4 rings (SSSR count). The van der Waals surface area contributed by atoms with E-state index in [0.29, 0.717) is 28.8 Å². The van der Waals surface area contributed by atoms with E-state index >= 15 is 0 Å². The number of aryl methyl sites for hydroxylation is 2. The molecule has 3 unspecified atom stereocenters.